The minimum absolute atomic E-state index is 0.0183. The monoisotopic (exact) mass is 309 g/mol. The quantitative estimate of drug-likeness (QED) is 0.746. The van der Waals surface area contributed by atoms with Crippen LogP contribution in [-0.4, -0.2) is 33.2 Å². The number of likely N-dealkylation sites (tertiary alicyclic amines) is 1. The van der Waals surface area contributed by atoms with Gasteiger partial charge >= 0.3 is 0 Å². The number of para-hydroxylation sites is 1. The van der Waals surface area contributed by atoms with Gasteiger partial charge in [-0.05, 0) is 37.5 Å². The van der Waals surface area contributed by atoms with Crippen molar-refractivity contribution in [2.75, 3.05) is 6.54 Å². The van der Waals surface area contributed by atoms with E-state index < -0.39 is 0 Å². The first-order valence-corrected chi connectivity index (χ1v) is 8.00. The highest BCUT2D eigenvalue weighted by Crippen LogP contribution is 2.26. The molecular formula is C18H19N3O2. The molecule has 23 heavy (non-hydrogen) atoms. The van der Waals surface area contributed by atoms with Gasteiger partial charge in [-0.2, -0.15) is 5.10 Å². The lowest BCUT2D eigenvalue weighted by Gasteiger charge is -2.23. The number of hydrogen-bond donors (Lipinski definition) is 0. The highest BCUT2D eigenvalue weighted by atomic mass is 16.3. The molecule has 1 aromatic carbocycles. The van der Waals surface area contributed by atoms with E-state index in [9.17, 15) is 4.79 Å². The summed E-state index contributed by atoms with van der Waals surface area (Å²) in [4.78, 5) is 14.8. The standard InChI is InChI=1S/C18H19N3O2/c1-13-5-2-6-14-11-16(23-17(13)14)18(22)21-10-3-7-15(21)12-20-9-4-8-19-20/h2,4-6,8-9,11,15H,3,7,10,12H2,1H3/t15-/m0/s1. The van der Waals surface area contributed by atoms with Gasteiger partial charge < -0.3 is 9.32 Å². The number of amides is 1. The summed E-state index contributed by atoms with van der Waals surface area (Å²) in [5, 5.41) is 5.23. The number of benzene rings is 1. The van der Waals surface area contributed by atoms with E-state index in [-0.39, 0.29) is 11.9 Å². The number of carbonyl (C=O) groups is 1. The summed E-state index contributed by atoms with van der Waals surface area (Å²) in [7, 11) is 0. The van der Waals surface area contributed by atoms with Gasteiger partial charge in [0, 0.05) is 24.3 Å². The van der Waals surface area contributed by atoms with Crippen molar-refractivity contribution in [3.63, 3.8) is 0 Å². The first kappa shape index (κ1) is 14.1. The highest BCUT2D eigenvalue weighted by molar-refractivity contribution is 5.97. The molecule has 3 aromatic rings. The molecule has 0 saturated carbocycles. The van der Waals surface area contributed by atoms with Gasteiger partial charge in [-0.1, -0.05) is 18.2 Å². The van der Waals surface area contributed by atoms with Crippen molar-refractivity contribution >= 4 is 16.9 Å². The van der Waals surface area contributed by atoms with Gasteiger partial charge in [-0.25, -0.2) is 0 Å². The Kier molecular flexibility index (Phi) is 3.41. The van der Waals surface area contributed by atoms with E-state index in [1.54, 1.807) is 6.20 Å². The average molecular weight is 309 g/mol. The minimum atomic E-state index is -0.0183. The number of carbonyl (C=O) groups excluding carboxylic acids is 1. The molecule has 1 saturated heterocycles. The zero-order valence-electron chi connectivity index (χ0n) is 13.1. The van der Waals surface area contributed by atoms with Crippen molar-refractivity contribution in [3.8, 4) is 0 Å². The molecule has 5 heteroatoms. The number of rotatable bonds is 3. The zero-order chi connectivity index (χ0) is 15.8. The Morgan fingerprint density at radius 2 is 2.30 bits per heavy atom. The fourth-order valence-electron chi connectivity index (χ4n) is 3.37. The zero-order valence-corrected chi connectivity index (χ0v) is 13.1. The van der Waals surface area contributed by atoms with Crippen molar-refractivity contribution in [1.82, 2.24) is 14.7 Å². The summed E-state index contributed by atoms with van der Waals surface area (Å²) in [5.41, 5.74) is 1.86. The first-order valence-electron chi connectivity index (χ1n) is 8.00. The SMILES string of the molecule is Cc1cccc2cc(C(=O)N3CCC[C@H]3Cn3cccn3)oc12. The van der Waals surface area contributed by atoms with Gasteiger partial charge in [-0.3, -0.25) is 9.48 Å². The number of furan rings is 1. The molecule has 5 nitrogen and oxygen atoms in total. The van der Waals surface area contributed by atoms with Crippen LogP contribution in [0.15, 0.2) is 47.1 Å². The molecule has 0 unspecified atom stereocenters. The van der Waals surface area contributed by atoms with E-state index in [2.05, 4.69) is 5.10 Å². The Balaban J connectivity index is 1.60. The van der Waals surface area contributed by atoms with Gasteiger partial charge in [0.15, 0.2) is 5.76 Å². The highest BCUT2D eigenvalue weighted by Gasteiger charge is 2.31. The van der Waals surface area contributed by atoms with Crippen LogP contribution in [-0.2, 0) is 6.54 Å². The fraction of sp³-hybridized carbons (Fsp3) is 0.333. The summed E-state index contributed by atoms with van der Waals surface area (Å²) in [6.45, 7) is 3.51. The van der Waals surface area contributed by atoms with Crippen LogP contribution in [0, 0.1) is 6.92 Å². The van der Waals surface area contributed by atoms with E-state index in [1.807, 2.05) is 53.0 Å². The largest absolute Gasteiger partial charge is 0.451 e. The fourth-order valence-corrected chi connectivity index (χ4v) is 3.37. The van der Waals surface area contributed by atoms with E-state index in [1.165, 1.54) is 0 Å². The van der Waals surface area contributed by atoms with E-state index in [4.69, 9.17) is 4.42 Å². The van der Waals surface area contributed by atoms with Gasteiger partial charge in [-0.15, -0.1) is 0 Å². The number of nitrogens with zero attached hydrogens (tertiary/aromatic N) is 3. The maximum Gasteiger partial charge on any atom is 0.289 e. The second-order valence-corrected chi connectivity index (χ2v) is 6.13. The number of fused-ring (bicyclic) bond motifs is 1. The molecule has 3 heterocycles. The van der Waals surface area contributed by atoms with Crippen LogP contribution >= 0.6 is 0 Å². The molecule has 4 rings (SSSR count). The maximum absolute atomic E-state index is 12.9. The second kappa shape index (κ2) is 5.57. The Morgan fingerprint density at radius 3 is 3.09 bits per heavy atom. The van der Waals surface area contributed by atoms with Gasteiger partial charge in [0.2, 0.25) is 0 Å². The van der Waals surface area contributed by atoms with Crippen LogP contribution in [0.4, 0.5) is 0 Å². The number of aromatic nitrogens is 2. The maximum atomic E-state index is 12.9. The third kappa shape index (κ3) is 2.52. The molecular weight excluding hydrogens is 290 g/mol. The molecule has 1 fully saturated rings. The summed E-state index contributed by atoms with van der Waals surface area (Å²) in [5.74, 6) is 0.414. The van der Waals surface area contributed by atoms with Crippen LogP contribution in [0.25, 0.3) is 11.0 Å². The third-order valence-corrected chi connectivity index (χ3v) is 4.55. The molecule has 0 aliphatic carbocycles. The lowest BCUT2D eigenvalue weighted by molar-refractivity contribution is 0.0691. The molecule has 2 aromatic heterocycles. The summed E-state index contributed by atoms with van der Waals surface area (Å²) in [6, 6.07) is 9.90. The Bertz CT molecular complexity index is 835. The van der Waals surface area contributed by atoms with Crippen molar-refractivity contribution in [2.45, 2.75) is 32.4 Å². The molecule has 0 N–H and O–H groups in total. The topological polar surface area (TPSA) is 51.3 Å². The Hall–Kier alpha value is -2.56. The Labute approximate surface area is 134 Å². The van der Waals surface area contributed by atoms with Gasteiger partial charge in [0.1, 0.15) is 5.58 Å². The Morgan fingerprint density at radius 1 is 1.39 bits per heavy atom. The van der Waals surface area contributed by atoms with E-state index in [0.29, 0.717) is 5.76 Å². The summed E-state index contributed by atoms with van der Waals surface area (Å²) in [6.07, 6.45) is 5.73. The normalized spacial score (nSPS) is 18.0. The smallest absolute Gasteiger partial charge is 0.289 e. The third-order valence-electron chi connectivity index (χ3n) is 4.55. The summed E-state index contributed by atoms with van der Waals surface area (Å²) >= 11 is 0. The lowest BCUT2D eigenvalue weighted by Crippen LogP contribution is -2.38. The molecule has 1 atom stereocenters. The molecule has 0 spiro atoms. The van der Waals surface area contributed by atoms with Crippen LogP contribution in [0.1, 0.15) is 29.0 Å². The molecule has 1 aliphatic heterocycles. The van der Waals surface area contributed by atoms with Crippen LogP contribution in [0.5, 0.6) is 0 Å². The molecule has 0 bridgehead atoms. The predicted octanol–water partition coefficient (Wildman–Crippen LogP) is 3.24. The second-order valence-electron chi connectivity index (χ2n) is 6.13. The minimum Gasteiger partial charge on any atom is -0.451 e. The van der Waals surface area contributed by atoms with Crippen LogP contribution < -0.4 is 0 Å². The number of hydrogen-bond acceptors (Lipinski definition) is 3. The van der Waals surface area contributed by atoms with Crippen molar-refractivity contribution in [1.29, 1.82) is 0 Å². The van der Waals surface area contributed by atoms with E-state index >= 15 is 0 Å². The first-order chi connectivity index (χ1) is 11.2. The van der Waals surface area contributed by atoms with Gasteiger partial charge in [0.05, 0.1) is 12.6 Å². The summed E-state index contributed by atoms with van der Waals surface area (Å²) < 4.78 is 7.73. The average Bonchev–Trinajstić information content (AvgIpc) is 3.27. The van der Waals surface area contributed by atoms with E-state index in [0.717, 1.165) is 42.5 Å². The van der Waals surface area contributed by atoms with Crippen LogP contribution in [0.2, 0.25) is 0 Å². The molecule has 118 valence electrons. The van der Waals surface area contributed by atoms with Crippen molar-refractivity contribution in [2.24, 2.45) is 0 Å². The number of aryl methyl sites for hydroxylation is 1. The lowest BCUT2D eigenvalue weighted by atomic mass is 10.2. The van der Waals surface area contributed by atoms with Crippen molar-refractivity contribution in [3.05, 3.63) is 54.0 Å². The van der Waals surface area contributed by atoms with Crippen molar-refractivity contribution < 1.29 is 9.21 Å². The van der Waals surface area contributed by atoms with Crippen LogP contribution in [0.3, 0.4) is 0 Å². The molecule has 0 radical (unpaired) electrons. The molecule has 1 amide bonds. The van der Waals surface area contributed by atoms with Gasteiger partial charge in [0.25, 0.3) is 5.91 Å². The molecule has 1 aliphatic rings. The predicted molar refractivity (Wildman–Crippen MR) is 87.2 cm³/mol.